The van der Waals surface area contributed by atoms with E-state index in [1.807, 2.05) is 6.07 Å². The van der Waals surface area contributed by atoms with E-state index < -0.39 is 0 Å². The highest BCUT2D eigenvalue weighted by molar-refractivity contribution is 5.90. The number of rotatable bonds is 6. The van der Waals surface area contributed by atoms with Crippen molar-refractivity contribution in [3.63, 3.8) is 0 Å². The van der Waals surface area contributed by atoms with Gasteiger partial charge in [-0.15, -0.1) is 0 Å². The number of esters is 1. The number of ether oxygens (including phenoxy) is 1. The maximum atomic E-state index is 11.6. The molecule has 0 radical (unpaired) electrons. The molecule has 0 aromatic carbocycles. The molecule has 0 spiro atoms. The van der Waals surface area contributed by atoms with Gasteiger partial charge in [-0.3, -0.25) is 4.90 Å². The fourth-order valence-corrected chi connectivity index (χ4v) is 2.91. The van der Waals surface area contributed by atoms with Crippen LogP contribution in [0.5, 0.6) is 0 Å². The Labute approximate surface area is 126 Å². The Balaban J connectivity index is 1.96. The molecule has 1 aromatic heterocycles. The molecule has 2 heterocycles. The molecule has 1 aromatic rings. The van der Waals surface area contributed by atoms with Crippen LogP contribution in [-0.2, 0) is 11.3 Å². The first-order valence-corrected chi connectivity index (χ1v) is 7.74. The molecule has 1 N–H and O–H groups in total. The third-order valence-corrected chi connectivity index (χ3v) is 4.12. The van der Waals surface area contributed by atoms with Gasteiger partial charge >= 0.3 is 5.97 Å². The first kappa shape index (κ1) is 16.0. The zero-order chi connectivity index (χ0) is 15.2. The van der Waals surface area contributed by atoms with Crippen molar-refractivity contribution in [1.29, 1.82) is 0 Å². The minimum absolute atomic E-state index is 0.331. The summed E-state index contributed by atoms with van der Waals surface area (Å²) in [4.78, 5) is 14.0. The molecule has 2 rings (SSSR count). The lowest BCUT2D eigenvalue weighted by Gasteiger charge is -2.28. The van der Waals surface area contributed by atoms with Crippen LogP contribution in [0, 0.1) is 12.8 Å². The second kappa shape index (κ2) is 7.61. The topological polar surface area (TPSA) is 54.7 Å². The molecule has 21 heavy (non-hydrogen) atoms. The number of carbonyl (C=O) groups is 1. The third-order valence-electron chi connectivity index (χ3n) is 4.12. The van der Waals surface area contributed by atoms with Crippen molar-refractivity contribution in [3.05, 3.63) is 23.2 Å². The Bertz CT molecular complexity index is 464. The van der Waals surface area contributed by atoms with Crippen molar-refractivity contribution < 1.29 is 13.9 Å². The quantitative estimate of drug-likeness (QED) is 0.815. The lowest BCUT2D eigenvalue weighted by molar-refractivity contribution is 0.0599. The predicted octanol–water partition coefficient (Wildman–Crippen LogP) is 2.20. The fourth-order valence-electron chi connectivity index (χ4n) is 2.91. The first-order valence-electron chi connectivity index (χ1n) is 7.74. The largest absolute Gasteiger partial charge is 0.465 e. The summed E-state index contributed by atoms with van der Waals surface area (Å²) in [7, 11) is 1.39. The Kier molecular flexibility index (Phi) is 5.82. The van der Waals surface area contributed by atoms with E-state index in [-0.39, 0.29) is 5.97 Å². The lowest BCUT2D eigenvalue weighted by atomic mass is 9.99. The van der Waals surface area contributed by atoms with Crippen LogP contribution < -0.4 is 5.32 Å². The predicted molar refractivity (Wildman–Crippen MR) is 81.3 cm³/mol. The van der Waals surface area contributed by atoms with Gasteiger partial charge in [-0.05, 0) is 51.4 Å². The maximum absolute atomic E-state index is 11.6. The molecule has 1 unspecified atom stereocenters. The van der Waals surface area contributed by atoms with Gasteiger partial charge < -0.3 is 14.5 Å². The number of nitrogens with zero attached hydrogens (tertiary/aromatic N) is 1. The van der Waals surface area contributed by atoms with Gasteiger partial charge in [0.1, 0.15) is 17.1 Å². The zero-order valence-electron chi connectivity index (χ0n) is 13.3. The number of aryl methyl sites for hydroxylation is 1. The smallest absolute Gasteiger partial charge is 0.341 e. The summed E-state index contributed by atoms with van der Waals surface area (Å²) in [6.07, 6.45) is 2.54. The summed E-state index contributed by atoms with van der Waals surface area (Å²) in [6, 6.07) is 1.81. The monoisotopic (exact) mass is 294 g/mol. The minimum Gasteiger partial charge on any atom is -0.465 e. The third kappa shape index (κ3) is 4.32. The molecule has 1 atom stereocenters. The Morgan fingerprint density at radius 1 is 1.57 bits per heavy atom. The normalized spacial score (nSPS) is 19.0. The molecule has 0 amide bonds. The molecule has 1 fully saturated rings. The average molecular weight is 294 g/mol. The highest BCUT2D eigenvalue weighted by Crippen LogP contribution is 2.19. The number of methoxy groups -OCH3 is 1. The van der Waals surface area contributed by atoms with Gasteiger partial charge in [0.2, 0.25) is 0 Å². The number of carbonyl (C=O) groups excluding carboxylic acids is 1. The second-order valence-corrected chi connectivity index (χ2v) is 5.71. The van der Waals surface area contributed by atoms with Crippen molar-refractivity contribution in [2.45, 2.75) is 33.2 Å². The standard InChI is InChI=1S/C16H26N2O3/c1-4-18(10-13-6-5-7-17-9-13)11-14-8-15(12(2)21-14)16(19)20-3/h8,13,17H,4-7,9-11H2,1-3H3. The molecule has 0 bridgehead atoms. The van der Waals surface area contributed by atoms with Crippen LogP contribution in [0.25, 0.3) is 0 Å². The van der Waals surface area contributed by atoms with Gasteiger partial charge in [-0.2, -0.15) is 0 Å². The van der Waals surface area contributed by atoms with Gasteiger partial charge in [0, 0.05) is 6.54 Å². The number of furan rings is 1. The average Bonchev–Trinajstić information content (AvgIpc) is 2.87. The van der Waals surface area contributed by atoms with Gasteiger partial charge in [-0.25, -0.2) is 4.79 Å². The van der Waals surface area contributed by atoms with Crippen molar-refractivity contribution in [2.24, 2.45) is 5.92 Å². The molecule has 0 aliphatic carbocycles. The van der Waals surface area contributed by atoms with Gasteiger partial charge in [0.25, 0.3) is 0 Å². The van der Waals surface area contributed by atoms with E-state index in [0.29, 0.717) is 17.2 Å². The van der Waals surface area contributed by atoms with E-state index in [1.54, 1.807) is 6.92 Å². The lowest BCUT2D eigenvalue weighted by Crippen LogP contribution is -2.38. The second-order valence-electron chi connectivity index (χ2n) is 5.71. The van der Waals surface area contributed by atoms with Gasteiger partial charge in [-0.1, -0.05) is 6.92 Å². The molecule has 1 saturated heterocycles. The van der Waals surface area contributed by atoms with E-state index in [2.05, 4.69) is 17.1 Å². The van der Waals surface area contributed by atoms with Crippen LogP contribution in [0.4, 0.5) is 0 Å². The highest BCUT2D eigenvalue weighted by atomic mass is 16.5. The van der Waals surface area contributed by atoms with Crippen molar-refractivity contribution >= 4 is 5.97 Å². The number of hydrogen-bond acceptors (Lipinski definition) is 5. The highest BCUT2D eigenvalue weighted by Gasteiger charge is 2.19. The number of nitrogens with one attached hydrogen (secondary N) is 1. The van der Waals surface area contributed by atoms with Crippen LogP contribution in [0.3, 0.4) is 0 Å². The molecular formula is C16H26N2O3. The van der Waals surface area contributed by atoms with Gasteiger partial charge in [0.05, 0.1) is 13.7 Å². The Morgan fingerprint density at radius 2 is 2.38 bits per heavy atom. The van der Waals surface area contributed by atoms with E-state index in [1.165, 1.54) is 20.0 Å². The maximum Gasteiger partial charge on any atom is 0.341 e. The summed E-state index contributed by atoms with van der Waals surface area (Å²) in [5.41, 5.74) is 0.530. The summed E-state index contributed by atoms with van der Waals surface area (Å²) < 4.78 is 10.5. The van der Waals surface area contributed by atoms with Crippen LogP contribution in [0.1, 0.15) is 41.6 Å². The van der Waals surface area contributed by atoms with Crippen molar-refractivity contribution in [1.82, 2.24) is 10.2 Å². The fraction of sp³-hybridized carbons (Fsp3) is 0.688. The summed E-state index contributed by atoms with van der Waals surface area (Å²) >= 11 is 0. The summed E-state index contributed by atoms with van der Waals surface area (Å²) in [5.74, 6) is 1.84. The Morgan fingerprint density at radius 3 is 3.00 bits per heavy atom. The number of piperidine rings is 1. The molecule has 5 nitrogen and oxygen atoms in total. The molecule has 5 heteroatoms. The molecular weight excluding hydrogens is 268 g/mol. The molecule has 1 aliphatic rings. The SMILES string of the molecule is CCN(Cc1cc(C(=O)OC)c(C)o1)CC1CCCNC1. The van der Waals surface area contributed by atoms with Crippen molar-refractivity contribution in [3.8, 4) is 0 Å². The Hall–Kier alpha value is -1.33. The van der Waals surface area contributed by atoms with Crippen LogP contribution in [0.2, 0.25) is 0 Å². The molecule has 0 saturated carbocycles. The molecule has 118 valence electrons. The van der Waals surface area contributed by atoms with E-state index in [9.17, 15) is 4.79 Å². The summed E-state index contributed by atoms with van der Waals surface area (Å²) in [5, 5.41) is 3.45. The van der Waals surface area contributed by atoms with E-state index in [0.717, 1.165) is 38.5 Å². The van der Waals surface area contributed by atoms with Crippen LogP contribution in [-0.4, -0.2) is 44.2 Å². The van der Waals surface area contributed by atoms with E-state index >= 15 is 0 Å². The van der Waals surface area contributed by atoms with Gasteiger partial charge in [0.15, 0.2) is 0 Å². The van der Waals surface area contributed by atoms with Crippen LogP contribution >= 0.6 is 0 Å². The van der Waals surface area contributed by atoms with E-state index in [4.69, 9.17) is 9.15 Å². The first-order chi connectivity index (χ1) is 10.1. The summed E-state index contributed by atoms with van der Waals surface area (Å²) in [6.45, 7) is 8.99. The minimum atomic E-state index is -0.331. The van der Waals surface area contributed by atoms with Crippen LogP contribution in [0.15, 0.2) is 10.5 Å². The van der Waals surface area contributed by atoms with Crippen molar-refractivity contribution in [2.75, 3.05) is 33.3 Å². The molecule has 1 aliphatic heterocycles. The number of hydrogen-bond donors (Lipinski definition) is 1. The zero-order valence-corrected chi connectivity index (χ0v) is 13.3.